The molecule has 0 radical (unpaired) electrons. The van der Waals surface area contributed by atoms with E-state index in [9.17, 15) is 19.2 Å². The molecule has 0 unspecified atom stereocenters. The van der Waals surface area contributed by atoms with Gasteiger partial charge in [-0.15, -0.1) is 0 Å². The highest BCUT2D eigenvalue weighted by Crippen LogP contribution is 2.26. The van der Waals surface area contributed by atoms with Crippen LogP contribution in [0, 0.1) is 6.92 Å². The van der Waals surface area contributed by atoms with E-state index in [1.165, 1.54) is 23.5 Å². The minimum Gasteiger partial charge on any atom is -0.378 e. The summed E-state index contributed by atoms with van der Waals surface area (Å²) in [4.78, 5) is 56.2. The molecule has 1 fully saturated rings. The van der Waals surface area contributed by atoms with Crippen molar-refractivity contribution in [2.24, 2.45) is 0 Å². The number of benzene rings is 1. The van der Waals surface area contributed by atoms with E-state index in [0.717, 1.165) is 9.81 Å². The van der Waals surface area contributed by atoms with Crippen molar-refractivity contribution >= 4 is 39.1 Å². The first-order chi connectivity index (χ1) is 14.9. The number of hydrazine groups is 1. The van der Waals surface area contributed by atoms with Gasteiger partial charge in [-0.2, -0.15) is 0 Å². The summed E-state index contributed by atoms with van der Waals surface area (Å²) >= 11 is 1.23. The Morgan fingerprint density at radius 2 is 1.87 bits per heavy atom. The van der Waals surface area contributed by atoms with Crippen LogP contribution >= 0.6 is 11.3 Å². The van der Waals surface area contributed by atoms with E-state index in [0.29, 0.717) is 36.9 Å². The number of nitrogens with one attached hydrogen (secondary N) is 3. The van der Waals surface area contributed by atoms with Crippen molar-refractivity contribution in [1.29, 1.82) is 0 Å². The molecule has 0 saturated carbocycles. The number of H-pyrrole nitrogens is 1. The van der Waals surface area contributed by atoms with Gasteiger partial charge in [0.25, 0.3) is 22.9 Å². The zero-order chi connectivity index (χ0) is 22.0. The molecule has 3 aromatic rings. The summed E-state index contributed by atoms with van der Waals surface area (Å²) in [6.07, 6.45) is 0. The minimum atomic E-state index is -0.669. The lowest BCUT2D eigenvalue weighted by molar-refractivity contribution is -0.122. The number of aromatic nitrogens is 3. The Morgan fingerprint density at radius 3 is 2.61 bits per heavy atom. The van der Waals surface area contributed by atoms with Gasteiger partial charge in [-0.05, 0) is 19.1 Å². The number of ether oxygens (including phenoxy) is 1. The fourth-order valence-electron chi connectivity index (χ4n) is 3.21. The maximum absolute atomic E-state index is 12.5. The summed E-state index contributed by atoms with van der Waals surface area (Å²) in [5, 5.41) is 3.54. The van der Waals surface area contributed by atoms with Crippen molar-refractivity contribution in [2.45, 2.75) is 13.5 Å². The minimum absolute atomic E-state index is 0.207. The second-order valence-corrected chi connectivity index (χ2v) is 7.87. The second-order valence-electron chi connectivity index (χ2n) is 6.89. The average Bonchev–Trinajstić information content (AvgIpc) is 3.18. The lowest BCUT2D eigenvalue weighted by atomic mass is 10.2. The van der Waals surface area contributed by atoms with Crippen molar-refractivity contribution in [1.82, 2.24) is 25.6 Å². The Balaban J connectivity index is 1.41. The van der Waals surface area contributed by atoms with Crippen LogP contribution in [0.15, 0.2) is 33.9 Å². The standard InChI is InChI=1S/C19H20N6O5S/c1-11-15(31-19(20-11)24-6-8-30-9-7-24)17(28)22-21-14(26)10-25-18(29)13-5-3-2-4-12(13)16(27)23-25/h2-5H,6-10H2,1H3,(H,21,26)(H,22,28)(H,23,27). The van der Waals surface area contributed by atoms with Crippen LogP contribution in [-0.4, -0.2) is 52.9 Å². The van der Waals surface area contributed by atoms with Crippen molar-refractivity contribution in [3.8, 4) is 0 Å². The van der Waals surface area contributed by atoms with Crippen molar-refractivity contribution in [2.75, 3.05) is 31.2 Å². The first-order valence-corrected chi connectivity index (χ1v) is 10.4. The molecule has 12 heteroatoms. The lowest BCUT2D eigenvalue weighted by Gasteiger charge is -2.25. The summed E-state index contributed by atoms with van der Waals surface area (Å²) in [5.74, 6) is -1.18. The zero-order valence-electron chi connectivity index (χ0n) is 16.6. The number of anilines is 1. The van der Waals surface area contributed by atoms with E-state index in [1.807, 2.05) is 4.90 Å². The Hall–Kier alpha value is -3.51. The molecule has 162 valence electrons. The summed E-state index contributed by atoms with van der Waals surface area (Å²) < 4.78 is 6.22. The van der Waals surface area contributed by atoms with Gasteiger partial charge in [-0.1, -0.05) is 23.5 Å². The molecule has 3 N–H and O–H groups in total. The topological polar surface area (TPSA) is 138 Å². The number of morpholine rings is 1. The molecule has 2 amide bonds. The number of aromatic amines is 1. The monoisotopic (exact) mass is 444 g/mol. The highest BCUT2D eigenvalue weighted by molar-refractivity contribution is 7.17. The molecule has 1 aliphatic rings. The molecule has 1 saturated heterocycles. The number of hydrogen-bond acceptors (Lipinski definition) is 8. The van der Waals surface area contributed by atoms with Crippen molar-refractivity contribution in [3.05, 3.63) is 55.5 Å². The van der Waals surface area contributed by atoms with Gasteiger partial charge in [0.15, 0.2) is 5.13 Å². The van der Waals surface area contributed by atoms with Crippen LogP contribution in [0.3, 0.4) is 0 Å². The maximum Gasteiger partial charge on any atom is 0.281 e. The van der Waals surface area contributed by atoms with Crippen molar-refractivity contribution in [3.63, 3.8) is 0 Å². The van der Waals surface area contributed by atoms with Crippen LogP contribution in [0.2, 0.25) is 0 Å². The van der Waals surface area contributed by atoms with Crippen molar-refractivity contribution < 1.29 is 14.3 Å². The molecule has 0 aliphatic carbocycles. The average molecular weight is 444 g/mol. The van der Waals surface area contributed by atoms with E-state index in [-0.39, 0.29) is 10.8 Å². The molecule has 1 aliphatic heterocycles. The van der Waals surface area contributed by atoms with Crippen LogP contribution in [0.1, 0.15) is 15.4 Å². The smallest absolute Gasteiger partial charge is 0.281 e. The fraction of sp³-hybridized carbons (Fsp3) is 0.316. The van der Waals surface area contributed by atoms with E-state index >= 15 is 0 Å². The summed E-state index contributed by atoms with van der Waals surface area (Å²) in [5.41, 5.74) is 4.15. The largest absolute Gasteiger partial charge is 0.378 e. The number of aryl methyl sites for hydroxylation is 1. The van der Waals surface area contributed by atoms with Crippen LogP contribution in [0.25, 0.3) is 10.8 Å². The maximum atomic E-state index is 12.5. The molecule has 2 aromatic heterocycles. The quantitative estimate of drug-likeness (QED) is 0.472. The normalized spacial score (nSPS) is 13.9. The van der Waals surface area contributed by atoms with Gasteiger partial charge in [0.2, 0.25) is 0 Å². The first kappa shape index (κ1) is 20.8. The van der Waals surface area contributed by atoms with Gasteiger partial charge in [-0.3, -0.25) is 35.1 Å². The first-order valence-electron chi connectivity index (χ1n) is 9.55. The number of fused-ring (bicyclic) bond motifs is 1. The van der Waals surface area contributed by atoms with Crippen LogP contribution < -0.4 is 26.9 Å². The molecular formula is C19H20N6O5S. The number of carbonyl (C=O) groups excluding carboxylic acids is 2. The lowest BCUT2D eigenvalue weighted by Crippen LogP contribution is -2.45. The molecule has 0 bridgehead atoms. The molecule has 0 atom stereocenters. The van der Waals surface area contributed by atoms with Gasteiger partial charge in [0.1, 0.15) is 11.4 Å². The molecule has 1 aromatic carbocycles. The third-order valence-corrected chi connectivity index (χ3v) is 5.99. The van der Waals surface area contributed by atoms with Gasteiger partial charge >= 0.3 is 0 Å². The molecule has 3 heterocycles. The summed E-state index contributed by atoms with van der Waals surface area (Å²) in [6.45, 7) is 3.86. The Labute approximate surface area is 179 Å². The highest BCUT2D eigenvalue weighted by Gasteiger charge is 2.21. The SMILES string of the molecule is Cc1nc(N2CCOCC2)sc1C(=O)NNC(=O)Cn1[nH]c(=O)c2ccccc2c1=O. The Morgan fingerprint density at radius 1 is 1.16 bits per heavy atom. The molecular weight excluding hydrogens is 424 g/mol. The number of amides is 2. The molecule has 11 nitrogen and oxygen atoms in total. The van der Waals surface area contributed by atoms with Crippen LogP contribution in [0.4, 0.5) is 5.13 Å². The van der Waals surface area contributed by atoms with E-state index < -0.39 is 29.5 Å². The number of hydrogen-bond donors (Lipinski definition) is 3. The van der Waals surface area contributed by atoms with Crippen LogP contribution in [-0.2, 0) is 16.1 Å². The van der Waals surface area contributed by atoms with Gasteiger partial charge in [0, 0.05) is 13.1 Å². The van der Waals surface area contributed by atoms with E-state index in [1.54, 1.807) is 19.1 Å². The molecule has 31 heavy (non-hydrogen) atoms. The third-order valence-electron chi connectivity index (χ3n) is 4.77. The number of thiazole rings is 1. The molecule has 4 rings (SSSR count). The second kappa shape index (κ2) is 8.70. The van der Waals surface area contributed by atoms with Gasteiger partial charge < -0.3 is 9.64 Å². The number of carbonyl (C=O) groups is 2. The highest BCUT2D eigenvalue weighted by atomic mass is 32.1. The predicted octanol–water partition coefficient (Wildman–Crippen LogP) is -0.247. The number of nitrogens with zero attached hydrogens (tertiary/aromatic N) is 3. The fourth-order valence-corrected chi connectivity index (χ4v) is 4.22. The van der Waals surface area contributed by atoms with E-state index in [2.05, 4.69) is 20.9 Å². The number of rotatable bonds is 4. The zero-order valence-corrected chi connectivity index (χ0v) is 17.5. The third kappa shape index (κ3) is 4.34. The van der Waals surface area contributed by atoms with Crippen LogP contribution in [0.5, 0.6) is 0 Å². The van der Waals surface area contributed by atoms with E-state index in [4.69, 9.17) is 4.74 Å². The Kier molecular flexibility index (Phi) is 5.82. The summed E-state index contributed by atoms with van der Waals surface area (Å²) in [6, 6.07) is 6.33. The van der Waals surface area contributed by atoms with Gasteiger partial charge in [-0.25, -0.2) is 9.67 Å². The molecule has 0 spiro atoms. The van der Waals surface area contributed by atoms with Gasteiger partial charge in [0.05, 0.1) is 29.7 Å². The summed E-state index contributed by atoms with van der Waals surface area (Å²) in [7, 11) is 0. The Bertz CT molecular complexity index is 1260. The predicted molar refractivity (Wildman–Crippen MR) is 114 cm³/mol.